The first-order valence-electron chi connectivity index (χ1n) is 7.78. The number of hydrogen-bond acceptors (Lipinski definition) is 2. The van der Waals surface area contributed by atoms with Crippen molar-refractivity contribution in [3.05, 3.63) is 0 Å². The van der Waals surface area contributed by atoms with E-state index in [2.05, 4.69) is 17.1 Å². The van der Waals surface area contributed by atoms with Gasteiger partial charge >= 0.3 is 0 Å². The quantitative estimate of drug-likeness (QED) is 0.833. The second-order valence-corrected chi connectivity index (χ2v) is 6.01. The zero-order valence-electron chi connectivity index (χ0n) is 11.8. The van der Waals surface area contributed by atoms with Crippen LogP contribution in [-0.4, -0.2) is 37.0 Å². The van der Waals surface area contributed by atoms with E-state index in [0.29, 0.717) is 5.91 Å². The topological polar surface area (TPSA) is 32.3 Å². The van der Waals surface area contributed by atoms with Crippen LogP contribution in [0.25, 0.3) is 0 Å². The molecule has 1 amide bonds. The second kappa shape index (κ2) is 7.13. The average Bonchev–Trinajstić information content (AvgIpc) is 2.46. The summed E-state index contributed by atoms with van der Waals surface area (Å²) < 4.78 is 0. The first-order chi connectivity index (χ1) is 8.79. The number of carbonyl (C=O) groups is 1. The summed E-state index contributed by atoms with van der Waals surface area (Å²) in [6.07, 6.45) is 8.17. The minimum Gasteiger partial charge on any atom is -0.342 e. The maximum atomic E-state index is 12.2. The van der Waals surface area contributed by atoms with Crippen LogP contribution < -0.4 is 5.32 Å². The zero-order chi connectivity index (χ0) is 12.8. The van der Waals surface area contributed by atoms with E-state index in [9.17, 15) is 4.79 Å². The number of nitrogens with one attached hydrogen (secondary N) is 1. The smallest absolute Gasteiger partial charge is 0.222 e. The molecule has 2 saturated heterocycles. The largest absolute Gasteiger partial charge is 0.342 e. The molecule has 3 heteroatoms. The number of hydrogen-bond donors (Lipinski definition) is 1. The first-order valence-corrected chi connectivity index (χ1v) is 7.78. The van der Waals surface area contributed by atoms with Gasteiger partial charge in [-0.25, -0.2) is 0 Å². The van der Waals surface area contributed by atoms with E-state index in [1.165, 1.54) is 32.1 Å². The number of amides is 1. The minimum atomic E-state index is 0.402. The Bertz CT molecular complexity index is 261. The lowest BCUT2D eigenvalue weighted by Crippen LogP contribution is -2.40. The van der Waals surface area contributed by atoms with Crippen molar-refractivity contribution < 1.29 is 4.79 Å². The van der Waals surface area contributed by atoms with E-state index >= 15 is 0 Å². The van der Waals surface area contributed by atoms with Crippen LogP contribution in [0.1, 0.15) is 51.9 Å². The molecule has 2 unspecified atom stereocenters. The number of likely N-dealkylation sites (tertiary alicyclic amines) is 1. The fourth-order valence-corrected chi connectivity index (χ4v) is 3.28. The van der Waals surface area contributed by atoms with E-state index in [-0.39, 0.29) is 0 Å². The Balaban J connectivity index is 1.70. The van der Waals surface area contributed by atoms with Gasteiger partial charge in [0.2, 0.25) is 5.91 Å². The van der Waals surface area contributed by atoms with Crippen LogP contribution in [-0.2, 0) is 4.79 Å². The molecule has 2 atom stereocenters. The van der Waals surface area contributed by atoms with Crippen molar-refractivity contribution in [1.29, 1.82) is 0 Å². The standard InChI is InChI=1S/C15H28N2O/c1-2-13-6-4-10-17(12-13)15(18)8-7-14-5-3-9-16-11-14/h13-14,16H,2-12H2,1H3. The Hall–Kier alpha value is -0.570. The molecule has 18 heavy (non-hydrogen) atoms. The Kier molecular flexibility index (Phi) is 5.48. The summed E-state index contributed by atoms with van der Waals surface area (Å²) in [5, 5.41) is 3.43. The van der Waals surface area contributed by atoms with Gasteiger partial charge in [0.25, 0.3) is 0 Å². The van der Waals surface area contributed by atoms with Crippen molar-refractivity contribution in [3.63, 3.8) is 0 Å². The normalized spacial score (nSPS) is 29.3. The van der Waals surface area contributed by atoms with Crippen LogP contribution in [0.15, 0.2) is 0 Å². The molecule has 2 aliphatic heterocycles. The summed E-state index contributed by atoms with van der Waals surface area (Å²) in [7, 11) is 0. The van der Waals surface area contributed by atoms with Gasteiger partial charge in [0, 0.05) is 19.5 Å². The van der Waals surface area contributed by atoms with Gasteiger partial charge in [-0.3, -0.25) is 4.79 Å². The van der Waals surface area contributed by atoms with E-state index < -0.39 is 0 Å². The Morgan fingerprint density at radius 2 is 2.11 bits per heavy atom. The third kappa shape index (κ3) is 3.98. The maximum Gasteiger partial charge on any atom is 0.222 e. The molecule has 0 bridgehead atoms. The molecule has 0 aromatic rings. The highest BCUT2D eigenvalue weighted by atomic mass is 16.2. The lowest BCUT2D eigenvalue weighted by atomic mass is 9.93. The van der Waals surface area contributed by atoms with Crippen molar-refractivity contribution in [3.8, 4) is 0 Å². The van der Waals surface area contributed by atoms with Crippen LogP contribution >= 0.6 is 0 Å². The molecule has 0 aromatic carbocycles. The van der Waals surface area contributed by atoms with E-state index in [1.54, 1.807) is 0 Å². The van der Waals surface area contributed by atoms with Crippen LogP contribution in [0, 0.1) is 11.8 Å². The predicted molar refractivity (Wildman–Crippen MR) is 74.4 cm³/mol. The van der Waals surface area contributed by atoms with Gasteiger partial charge in [-0.05, 0) is 57.0 Å². The molecular weight excluding hydrogens is 224 g/mol. The Morgan fingerprint density at radius 1 is 1.28 bits per heavy atom. The van der Waals surface area contributed by atoms with Crippen molar-refractivity contribution in [2.45, 2.75) is 51.9 Å². The van der Waals surface area contributed by atoms with E-state index in [4.69, 9.17) is 0 Å². The summed E-state index contributed by atoms with van der Waals surface area (Å²) in [6, 6.07) is 0. The van der Waals surface area contributed by atoms with E-state index in [0.717, 1.165) is 50.9 Å². The summed E-state index contributed by atoms with van der Waals surface area (Å²) in [5.74, 6) is 1.88. The Morgan fingerprint density at radius 3 is 2.83 bits per heavy atom. The van der Waals surface area contributed by atoms with Crippen molar-refractivity contribution in [1.82, 2.24) is 10.2 Å². The summed E-state index contributed by atoms with van der Waals surface area (Å²) in [4.78, 5) is 14.3. The SMILES string of the molecule is CCC1CCCN(C(=O)CCC2CCCNC2)C1. The highest BCUT2D eigenvalue weighted by Gasteiger charge is 2.23. The van der Waals surface area contributed by atoms with Crippen molar-refractivity contribution >= 4 is 5.91 Å². The molecule has 2 rings (SSSR count). The first kappa shape index (κ1) is 13.9. The van der Waals surface area contributed by atoms with Crippen LogP contribution in [0.2, 0.25) is 0 Å². The van der Waals surface area contributed by atoms with Crippen LogP contribution in [0.4, 0.5) is 0 Å². The molecule has 1 N–H and O–H groups in total. The monoisotopic (exact) mass is 252 g/mol. The lowest BCUT2D eigenvalue weighted by molar-refractivity contribution is -0.133. The molecule has 3 nitrogen and oxygen atoms in total. The van der Waals surface area contributed by atoms with E-state index in [1.807, 2.05) is 0 Å². The third-order valence-corrected chi connectivity index (χ3v) is 4.61. The van der Waals surface area contributed by atoms with Gasteiger partial charge in [-0.2, -0.15) is 0 Å². The zero-order valence-corrected chi connectivity index (χ0v) is 11.8. The predicted octanol–water partition coefficient (Wildman–Crippen LogP) is 2.41. The fraction of sp³-hybridized carbons (Fsp3) is 0.933. The highest BCUT2D eigenvalue weighted by molar-refractivity contribution is 5.76. The minimum absolute atomic E-state index is 0.402. The third-order valence-electron chi connectivity index (χ3n) is 4.61. The number of piperidine rings is 2. The van der Waals surface area contributed by atoms with Gasteiger partial charge in [0.1, 0.15) is 0 Å². The van der Waals surface area contributed by atoms with Gasteiger partial charge in [-0.15, -0.1) is 0 Å². The van der Waals surface area contributed by atoms with Crippen LogP contribution in [0.5, 0.6) is 0 Å². The molecule has 0 saturated carbocycles. The molecule has 0 spiro atoms. The molecule has 0 radical (unpaired) electrons. The lowest BCUT2D eigenvalue weighted by Gasteiger charge is -2.33. The van der Waals surface area contributed by atoms with Crippen molar-refractivity contribution in [2.24, 2.45) is 11.8 Å². The van der Waals surface area contributed by atoms with Gasteiger partial charge in [0.05, 0.1) is 0 Å². The highest BCUT2D eigenvalue weighted by Crippen LogP contribution is 2.21. The molecule has 104 valence electrons. The maximum absolute atomic E-state index is 12.2. The Labute approximate surface area is 111 Å². The second-order valence-electron chi connectivity index (χ2n) is 6.01. The molecule has 0 aromatic heterocycles. The molecule has 2 fully saturated rings. The summed E-state index contributed by atoms with van der Waals surface area (Å²) >= 11 is 0. The van der Waals surface area contributed by atoms with Gasteiger partial charge < -0.3 is 10.2 Å². The number of nitrogens with zero attached hydrogens (tertiary/aromatic N) is 1. The average molecular weight is 252 g/mol. The van der Waals surface area contributed by atoms with Crippen molar-refractivity contribution in [2.75, 3.05) is 26.2 Å². The summed E-state index contributed by atoms with van der Waals surface area (Å²) in [6.45, 7) is 6.53. The van der Waals surface area contributed by atoms with Gasteiger partial charge in [-0.1, -0.05) is 13.3 Å². The van der Waals surface area contributed by atoms with Crippen LogP contribution in [0.3, 0.4) is 0 Å². The molecule has 2 aliphatic rings. The molecule has 2 heterocycles. The number of carbonyl (C=O) groups excluding carboxylic acids is 1. The fourth-order valence-electron chi connectivity index (χ4n) is 3.28. The molecule has 0 aliphatic carbocycles. The molecular formula is C15H28N2O. The summed E-state index contributed by atoms with van der Waals surface area (Å²) in [5.41, 5.74) is 0. The van der Waals surface area contributed by atoms with Gasteiger partial charge in [0.15, 0.2) is 0 Å². The number of rotatable bonds is 4.